The molecule has 190 valence electrons. The van der Waals surface area contributed by atoms with Crippen LogP contribution in [0.3, 0.4) is 0 Å². The Morgan fingerprint density at radius 2 is 1.73 bits per heavy atom. The van der Waals surface area contributed by atoms with Gasteiger partial charge in [0.05, 0.1) is 10.6 Å². The Labute approximate surface area is 225 Å². The molecule has 2 heterocycles. The molecule has 3 aromatic rings. The van der Waals surface area contributed by atoms with Crippen LogP contribution in [0.25, 0.3) is 6.08 Å². The van der Waals surface area contributed by atoms with E-state index in [9.17, 15) is 4.79 Å². The van der Waals surface area contributed by atoms with Crippen molar-refractivity contribution in [1.29, 1.82) is 0 Å². The highest BCUT2D eigenvalue weighted by atomic mass is 32.2. The van der Waals surface area contributed by atoms with Crippen molar-refractivity contribution in [1.82, 2.24) is 4.90 Å². The zero-order valence-electron chi connectivity index (χ0n) is 22.4. The van der Waals surface area contributed by atoms with Gasteiger partial charge in [0, 0.05) is 24.8 Å². The molecule has 3 aromatic carbocycles. The Hall–Kier alpha value is -3.31. The third-order valence-corrected chi connectivity index (χ3v) is 8.65. The van der Waals surface area contributed by atoms with E-state index in [1.807, 2.05) is 53.4 Å². The molecular formula is C32H35N3OS. The molecule has 0 radical (unpaired) electrons. The van der Waals surface area contributed by atoms with Crippen LogP contribution < -0.4 is 4.90 Å². The molecule has 1 amide bonds. The maximum Gasteiger partial charge on any atom is 0.266 e. The van der Waals surface area contributed by atoms with Gasteiger partial charge in [0.1, 0.15) is 0 Å². The summed E-state index contributed by atoms with van der Waals surface area (Å²) in [4.78, 5) is 23.5. The van der Waals surface area contributed by atoms with Gasteiger partial charge in [0.15, 0.2) is 5.17 Å². The molecule has 4 nitrogen and oxygen atoms in total. The van der Waals surface area contributed by atoms with Gasteiger partial charge in [0.2, 0.25) is 0 Å². The summed E-state index contributed by atoms with van der Waals surface area (Å²) in [5, 5.41) is 0.740. The monoisotopic (exact) mass is 509 g/mol. The van der Waals surface area contributed by atoms with Gasteiger partial charge >= 0.3 is 0 Å². The average molecular weight is 510 g/mol. The van der Waals surface area contributed by atoms with Gasteiger partial charge in [-0.25, -0.2) is 4.99 Å². The van der Waals surface area contributed by atoms with Crippen LogP contribution in [0.1, 0.15) is 55.4 Å². The molecule has 37 heavy (non-hydrogen) atoms. The Kier molecular flexibility index (Phi) is 7.00. The summed E-state index contributed by atoms with van der Waals surface area (Å²) in [6.45, 7) is 9.67. The molecular weight excluding hydrogens is 474 g/mol. The van der Waals surface area contributed by atoms with Crippen LogP contribution >= 0.6 is 11.8 Å². The van der Waals surface area contributed by atoms with Gasteiger partial charge in [-0.15, -0.1) is 0 Å². The van der Waals surface area contributed by atoms with Crippen LogP contribution in [0.2, 0.25) is 0 Å². The quantitative estimate of drug-likeness (QED) is 0.333. The minimum Gasteiger partial charge on any atom is -0.369 e. The van der Waals surface area contributed by atoms with E-state index in [1.54, 1.807) is 0 Å². The zero-order chi connectivity index (χ0) is 26.2. The first-order valence-corrected chi connectivity index (χ1v) is 13.8. The van der Waals surface area contributed by atoms with Crippen LogP contribution in [0.4, 0.5) is 11.4 Å². The van der Waals surface area contributed by atoms with E-state index in [2.05, 4.69) is 70.0 Å². The van der Waals surface area contributed by atoms with Crippen molar-refractivity contribution in [3.8, 4) is 0 Å². The molecule has 5 heteroatoms. The Bertz CT molecular complexity index is 1360. The highest BCUT2D eigenvalue weighted by molar-refractivity contribution is 8.18. The first-order chi connectivity index (χ1) is 17.7. The number of hydrogen-bond donors (Lipinski definition) is 0. The van der Waals surface area contributed by atoms with E-state index in [1.165, 1.54) is 34.1 Å². The number of aliphatic imine (C=N–C) groups is 1. The molecule has 2 aliphatic rings. The third-order valence-electron chi connectivity index (χ3n) is 7.64. The van der Waals surface area contributed by atoms with Crippen LogP contribution in [0.15, 0.2) is 82.7 Å². The summed E-state index contributed by atoms with van der Waals surface area (Å²) in [5.41, 5.74) is 7.13. The number of rotatable bonds is 5. The molecule has 1 saturated heterocycles. The summed E-state index contributed by atoms with van der Waals surface area (Å²) in [5.74, 6) is 0.488. The number of carbonyl (C=O) groups excluding carboxylic acids is 1. The lowest BCUT2D eigenvalue weighted by Crippen LogP contribution is -2.45. The van der Waals surface area contributed by atoms with Crippen LogP contribution in [0, 0.1) is 6.92 Å². The second-order valence-corrected chi connectivity index (χ2v) is 11.8. The molecule has 0 saturated carbocycles. The average Bonchev–Trinajstić information content (AvgIpc) is 3.16. The van der Waals surface area contributed by atoms with E-state index in [-0.39, 0.29) is 11.4 Å². The Morgan fingerprint density at radius 1 is 1.05 bits per heavy atom. The number of hydrogen-bond acceptors (Lipinski definition) is 4. The van der Waals surface area contributed by atoms with Crippen molar-refractivity contribution in [2.24, 2.45) is 4.99 Å². The summed E-state index contributed by atoms with van der Waals surface area (Å²) >= 11 is 1.48. The first-order valence-electron chi connectivity index (χ1n) is 13.0. The van der Waals surface area contributed by atoms with Crippen molar-refractivity contribution in [2.75, 3.05) is 18.5 Å². The molecule has 0 N–H and O–H groups in total. The van der Waals surface area contributed by atoms with Crippen LogP contribution in [-0.2, 0) is 11.2 Å². The van der Waals surface area contributed by atoms with Crippen molar-refractivity contribution in [2.45, 2.75) is 52.0 Å². The highest BCUT2D eigenvalue weighted by Gasteiger charge is 2.36. The van der Waals surface area contributed by atoms with Crippen molar-refractivity contribution >= 4 is 40.3 Å². The van der Waals surface area contributed by atoms with Crippen molar-refractivity contribution in [3.05, 3.63) is 100.0 Å². The summed E-state index contributed by atoms with van der Waals surface area (Å²) in [6.07, 6.45) is 3.95. The number of benzene rings is 3. The zero-order valence-corrected chi connectivity index (χ0v) is 23.2. The van der Waals surface area contributed by atoms with Gasteiger partial charge < -0.3 is 4.90 Å². The number of amidine groups is 1. The molecule has 0 aromatic heterocycles. The van der Waals surface area contributed by atoms with Gasteiger partial charge in [-0.1, -0.05) is 55.5 Å². The fourth-order valence-electron chi connectivity index (χ4n) is 5.32. The Morgan fingerprint density at radius 3 is 2.43 bits per heavy atom. The van der Waals surface area contributed by atoms with Crippen LogP contribution in [0.5, 0.6) is 0 Å². The maximum atomic E-state index is 13.7. The molecule has 5 rings (SSSR count). The standard InChI is InChI=1S/C32H35N3OS/c1-22-18-28-27(23(2)21-32(3,4)34(28)5)19-25(22)20-29-30(36)35(17-16-24-12-8-6-9-13-24)31(37-29)33-26-14-10-7-11-15-26/h6-15,18-20,23H,16-17,21H2,1-5H3/b29-20+,33-31?. The van der Waals surface area contributed by atoms with E-state index >= 15 is 0 Å². The minimum absolute atomic E-state index is 0.0269. The molecule has 1 unspecified atom stereocenters. The number of anilines is 1. The highest BCUT2D eigenvalue weighted by Crippen LogP contribution is 2.44. The number of nitrogens with zero attached hydrogens (tertiary/aromatic N) is 3. The van der Waals surface area contributed by atoms with E-state index < -0.39 is 0 Å². The summed E-state index contributed by atoms with van der Waals surface area (Å²) < 4.78 is 0. The number of thioether (sulfide) groups is 1. The predicted octanol–water partition coefficient (Wildman–Crippen LogP) is 7.56. The lowest BCUT2D eigenvalue weighted by atomic mass is 9.79. The summed E-state index contributed by atoms with van der Waals surface area (Å²) in [6, 6.07) is 24.8. The largest absolute Gasteiger partial charge is 0.369 e. The van der Waals surface area contributed by atoms with Crippen molar-refractivity contribution < 1.29 is 4.79 Å². The third kappa shape index (κ3) is 5.24. The molecule has 2 aliphatic heterocycles. The lowest BCUT2D eigenvalue weighted by Gasteiger charge is -2.45. The fraction of sp³-hybridized carbons (Fsp3) is 0.312. The topological polar surface area (TPSA) is 35.9 Å². The maximum absolute atomic E-state index is 13.7. The van der Waals surface area contributed by atoms with Crippen molar-refractivity contribution in [3.63, 3.8) is 0 Å². The Balaban J connectivity index is 1.49. The number of aryl methyl sites for hydroxylation is 1. The number of amides is 1. The SMILES string of the molecule is Cc1cc2c(cc1/C=C1/SC(=Nc3ccccc3)N(CCc3ccccc3)C1=O)C(C)CC(C)(C)N2C. The smallest absolute Gasteiger partial charge is 0.266 e. The number of carbonyl (C=O) groups is 1. The van der Waals surface area contributed by atoms with Gasteiger partial charge in [-0.2, -0.15) is 0 Å². The minimum atomic E-state index is 0.0269. The van der Waals surface area contributed by atoms with E-state index in [0.717, 1.165) is 34.2 Å². The van der Waals surface area contributed by atoms with E-state index in [0.29, 0.717) is 12.5 Å². The van der Waals surface area contributed by atoms with Gasteiger partial charge in [0.25, 0.3) is 5.91 Å². The molecule has 1 fully saturated rings. The number of fused-ring (bicyclic) bond motifs is 1. The normalized spacial score (nSPS) is 21.1. The molecule has 1 atom stereocenters. The van der Waals surface area contributed by atoms with E-state index in [4.69, 9.17) is 4.99 Å². The predicted molar refractivity (Wildman–Crippen MR) is 158 cm³/mol. The lowest BCUT2D eigenvalue weighted by molar-refractivity contribution is -0.122. The second-order valence-electron chi connectivity index (χ2n) is 10.8. The van der Waals surface area contributed by atoms with Gasteiger partial charge in [-0.05, 0) is 104 Å². The number of para-hydroxylation sites is 1. The molecule has 0 aliphatic carbocycles. The first kappa shape index (κ1) is 25.3. The fourth-order valence-corrected chi connectivity index (χ4v) is 6.33. The summed E-state index contributed by atoms with van der Waals surface area (Å²) in [7, 11) is 2.19. The van der Waals surface area contributed by atoms with Gasteiger partial charge in [-0.3, -0.25) is 9.69 Å². The molecule has 0 bridgehead atoms. The molecule has 0 spiro atoms. The van der Waals surface area contributed by atoms with Crippen LogP contribution in [-0.4, -0.2) is 35.1 Å². The second kappa shape index (κ2) is 10.2.